The first-order valence-corrected chi connectivity index (χ1v) is 8.57. The van der Waals surface area contributed by atoms with Crippen LogP contribution in [0, 0.1) is 5.92 Å². The number of nitrogens with zero attached hydrogens (tertiary/aromatic N) is 1. The normalized spacial score (nSPS) is 22.2. The number of benzene rings is 1. The molecular formula is C19H31NO. The minimum Gasteiger partial charge on any atom is -0.387 e. The second-order valence-corrected chi connectivity index (χ2v) is 7.05. The van der Waals surface area contributed by atoms with Gasteiger partial charge in [0.25, 0.3) is 0 Å². The van der Waals surface area contributed by atoms with E-state index in [2.05, 4.69) is 49.9 Å². The minimum atomic E-state index is -0.362. The lowest BCUT2D eigenvalue weighted by atomic mass is 10.00. The van der Waals surface area contributed by atoms with E-state index in [1.54, 1.807) is 0 Å². The fourth-order valence-corrected chi connectivity index (χ4v) is 3.28. The van der Waals surface area contributed by atoms with Crippen molar-refractivity contribution in [1.29, 1.82) is 0 Å². The van der Waals surface area contributed by atoms with E-state index in [1.807, 2.05) is 0 Å². The molecule has 1 aliphatic heterocycles. The van der Waals surface area contributed by atoms with Crippen LogP contribution >= 0.6 is 0 Å². The standard InChI is InChI=1S/C19H31NO/c1-15(2)13-17-8-10-18(11-9-17)19(21)14-20-12-6-4-5-7-16(20)3/h8-11,15-16,19,21H,4-7,12-14H2,1-3H3. The Morgan fingerprint density at radius 2 is 1.86 bits per heavy atom. The van der Waals surface area contributed by atoms with Gasteiger partial charge in [0.05, 0.1) is 6.10 Å². The Balaban J connectivity index is 1.94. The Kier molecular flexibility index (Phi) is 6.25. The first kappa shape index (κ1) is 16.5. The molecule has 21 heavy (non-hydrogen) atoms. The number of rotatable bonds is 5. The summed E-state index contributed by atoms with van der Waals surface area (Å²) in [5, 5.41) is 10.5. The van der Waals surface area contributed by atoms with Gasteiger partial charge in [0.15, 0.2) is 0 Å². The van der Waals surface area contributed by atoms with E-state index in [9.17, 15) is 5.11 Å². The zero-order valence-corrected chi connectivity index (χ0v) is 13.9. The minimum absolute atomic E-state index is 0.362. The molecule has 1 aromatic rings. The van der Waals surface area contributed by atoms with E-state index in [-0.39, 0.29) is 6.10 Å². The fraction of sp³-hybridized carbons (Fsp3) is 0.684. The molecule has 1 aromatic carbocycles. The zero-order valence-electron chi connectivity index (χ0n) is 13.9. The summed E-state index contributed by atoms with van der Waals surface area (Å²) < 4.78 is 0. The summed E-state index contributed by atoms with van der Waals surface area (Å²) in [4.78, 5) is 2.46. The average molecular weight is 289 g/mol. The number of aliphatic hydroxyl groups is 1. The lowest BCUT2D eigenvalue weighted by molar-refractivity contribution is 0.0928. The van der Waals surface area contributed by atoms with Crippen LogP contribution in [-0.2, 0) is 6.42 Å². The van der Waals surface area contributed by atoms with Crippen molar-refractivity contribution in [3.8, 4) is 0 Å². The highest BCUT2D eigenvalue weighted by atomic mass is 16.3. The smallest absolute Gasteiger partial charge is 0.0917 e. The molecule has 1 fully saturated rings. The van der Waals surface area contributed by atoms with Crippen LogP contribution in [0.2, 0.25) is 0 Å². The van der Waals surface area contributed by atoms with Crippen molar-refractivity contribution in [3.05, 3.63) is 35.4 Å². The Morgan fingerprint density at radius 3 is 2.52 bits per heavy atom. The highest BCUT2D eigenvalue weighted by molar-refractivity contribution is 5.24. The van der Waals surface area contributed by atoms with E-state index >= 15 is 0 Å². The predicted molar refractivity (Wildman–Crippen MR) is 89.4 cm³/mol. The Hall–Kier alpha value is -0.860. The topological polar surface area (TPSA) is 23.5 Å². The molecule has 0 radical (unpaired) electrons. The highest BCUT2D eigenvalue weighted by Gasteiger charge is 2.20. The summed E-state index contributed by atoms with van der Waals surface area (Å²) >= 11 is 0. The van der Waals surface area contributed by atoms with Gasteiger partial charge in [-0.05, 0) is 49.8 Å². The lowest BCUT2D eigenvalue weighted by Crippen LogP contribution is -2.36. The molecule has 118 valence electrons. The van der Waals surface area contributed by atoms with Gasteiger partial charge < -0.3 is 5.11 Å². The van der Waals surface area contributed by atoms with Gasteiger partial charge >= 0.3 is 0 Å². The molecule has 2 atom stereocenters. The van der Waals surface area contributed by atoms with Gasteiger partial charge in [-0.1, -0.05) is 51.0 Å². The molecular weight excluding hydrogens is 258 g/mol. The molecule has 0 saturated carbocycles. The molecule has 1 saturated heterocycles. The molecule has 2 heteroatoms. The molecule has 1 N–H and O–H groups in total. The molecule has 2 rings (SSSR count). The Labute approximate surface area is 130 Å². The molecule has 0 amide bonds. The maximum Gasteiger partial charge on any atom is 0.0917 e. The van der Waals surface area contributed by atoms with Gasteiger partial charge in [0.1, 0.15) is 0 Å². The maximum absolute atomic E-state index is 10.5. The zero-order chi connectivity index (χ0) is 15.2. The number of hydrogen-bond acceptors (Lipinski definition) is 2. The van der Waals surface area contributed by atoms with Crippen LogP contribution in [0.25, 0.3) is 0 Å². The third-order valence-electron chi connectivity index (χ3n) is 4.61. The summed E-state index contributed by atoms with van der Waals surface area (Å²) in [6.45, 7) is 8.67. The number of aliphatic hydroxyl groups excluding tert-OH is 1. The molecule has 0 aromatic heterocycles. The molecule has 0 bridgehead atoms. The van der Waals surface area contributed by atoms with Crippen molar-refractivity contribution in [2.24, 2.45) is 5.92 Å². The van der Waals surface area contributed by atoms with Crippen molar-refractivity contribution in [2.75, 3.05) is 13.1 Å². The fourth-order valence-electron chi connectivity index (χ4n) is 3.28. The molecule has 1 aliphatic rings. The molecule has 0 spiro atoms. The monoisotopic (exact) mass is 289 g/mol. The summed E-state index contributed by atoms with van der Waals surface area (Å²) in [6.07, 6.45) is 5.95. The molecule has 2 nitrogen and oxygen atoms in total. The number of likely N-dealkylation sites (tertiary alicyclic amines) is 1. The molecule has 1 heterocycles. The summed E-state index contributed by atoms with van der Waals surface area (Å²) in [5.41, 5.74) is 2.42. The van der Waals surface area contributed by atoms with Crippen molar-refractivity contribution in [1.82, 2.24) is 4.90 Å². The second-order valence-electron chi connectivity index (χ2n) is 7.05. The van der Waals surface area contributed by atoms with Gasteiger partial charge in [0, 0.05) is 12.6 Å². The molecule has 0 aliphatic carbocycles. The summed E-state index contributed by atoms with van der Waals surface area (Å²) in [5.74, 6) is 0.679. The van der Waals surface area contributed by atoms with E-state index in [0.717, 1.165) is 25.1 Å². The highest BCUT2D eigenvalue weighted by Crippen LogP contribution is 2.21. The average Bonchev–Trinajstić information content (AvgIpc) is 2.64. The van der Waals surface area contributed by atoms with E-state index in [0.29, 0.717) is 12.0 Å². The first-order valence-electron chi connectivity index (χ1n) is 8.57. The third kappa shape index (κ3) is 5.12. The second kappa shape index (κ2) is 7.95. The SMILES string of the molecule is CC(C)Cc1ccc(C(O)CN2CCCCCC2C)cc1. The Bertz CT molecular complexity index is 412. The van der Waals surface area contributed by atoms with Gasteiger partial charge in [-0.2, -0.15) is 0 Å². The predicted octanol–water partition coefficient (Wildman–Crippen LogP) is 4.18. The van der Waals surface area contributed by atoms with E-state index in [1.165, 1.54) is 31.2 Å². The van der Waals surface area contributed by atoms with Gasteiger partial charge in [0.2, 0.25) is 0 Å². The largest absolute Gasteiger partial charge is 0.387 e. The van der Waals surface area contributed by atoms with Crippen LogP contribution in [0.1, 0.15) is 63.7 Å². The molecule has 2 unspecified atom stereocenters. The van der Waals surface area contributed by atoms with Crippen LogP contribution < -0.4 is 0 Å². The number of β-amino-alcohol motifs (C(OH)–C–C–N with tert-alkyl or cyclic N) is 1. The van der Waals surface area contributed by atoms with E-state index in [4.69, 9.17) is 0 Å². The lowest BCUT2D eigenvalue weighted by Gasteiger charge is -2.29. The van der Waals surface area contributed by atoms with Crippen LogP contribution in [0.3, 0.4) is 0 Å². The quantitative estimate of drug-likeness (QED) is 0.879. The van der Waals surface area contributed by atoms with Crippen LogP contribution in [-0.4, -0.2) is 29.1 Å². The van der Waals surface area contributed by atoms with E-state index < -0.39 is 0 Å². The first-order chi connectivity index (χ1) is 10.1. The van der Waals surface area contributed by atoms with Crippen molar-refractivity contribution >= 4 is 0 Å². The summed E-state index contributed by atoms with van der Waals surface area (Å²) in [6, 6.07) is 9.15. The maximum atomic E-state index is 10.5. The number of hydrogen-bond donors (Lipinski definition) is 1. The van der Waals surface area contributed by atoms with Crippen LogP contribution in [0.15, 0.2) is 24.3 Å². The van der Waals surface area contributed by atoms with Crippen molar-refractivity contribution in [2.45, 2.75) is 65.0 Å². The summed E-state index contributed by atoms with van der Waals surface area (Å²) in [7, 11) is 0. The van der Waals surface area contributed by atoms with Crippen LogP contribution in [0.5, 0.6) is 0 Å². The third-order valence-corrected chi connectivity index (χ3v) is 4.61. The van der Waals surface area contributed by atoms with Gasteiger partial charge in [-0.25, -0.2) is 0 Å². The Morgan fingerprint density at radius 1 is 1.14 bits per heavy atom. The van der Waals surface area contributed by atoms with Crippen LogP contribution in [0.4, 0.5) is 0 Å². The van der Waals surface area contributed by atoms with Gasteiger partial charge in [-0.3, -0.25) is 4.90 Å². The van der Waals surface area contributed by atoms with Gasteiger partial charge in [-0.15, -0.1) is 0 Å². The van der Waals surface area contributed by atoms with Crippen molar-refractivity contribution < 1.29 is 5.11 Å². The van der Waals surface area contributed by atoms with Crippen molar-refractivity contribution in [3.63, 3.8) is 0 Å².